The molecule has 0 spiro atoms. The number of carbonyl (C=O) groups is 1. The van der Waals surface area contributed by atoms with E-state index in [0.29, 0.717) is 0 Å². The van der Waals surface area contributed by atoms with Crippen LogP contribution in [-0.4, -0.2) is 25.9 Å². The maximum absolute atomic E-state index is 12.0. The first-order chi connectivity index (χ1) is 11.4. The number of aromatic nitrogens is 1. The number of rotatable bonds is 7. The van der Waals surface area contributed by atoms with Gasteiger partial charge in [-0.25, -0.2) is 13.1 Å². The van der Waals surface area contributed by atoms with Gasteiger partial charge in [-0.05, 0) is 37.1 Å². The second-order valence-electron chi connectivity index (χ2n) is 5.48. The molecule has 2 aromatic rings. The average molecular weight is 347 g/mol. The molecule has 0 aliphatic rings. The zero-order chi connectivity index (χ0) is 17.6. The second kappa shape index (κ2) is 8.03. The molecule has 2 rings (SSSR count). The monoisotopic (exact) mass is 347 g/mol. The van der Waals surface area contributed by atoms with Gasteiger partial charge in [0, 0.05) is 25.4 Å². The van der Waals surface area contributed by atoms with Gasteiger partial charge in [0.1, 0.15) is 4.90 Å². The van der Waals surface area contributed by atoms with Crippen molar-refractivity contribution in [3.05, 3.63) is 59.9 Å². The number of amides is 1. The number of nitrogens with zero attached hydrogens (tertiary/aromatic N) is 1. The highest BCUT2D eigenvalue weighted by Crippen LogP contribution is 2.16. The van der Waals surface area contributed by atoms with Crippen molar-refractivity contribution in [1.82, 2.24) is 15.0 Å². The number of carbonyl (C=O) groups excluding carboxylic acids is 1. The largest absolute Gasteiger partial charge is 0.350 e. The van der Waals surface area contributed by atoms with Crippen molar-refractivity contribution in [3.8, 4) is 0 Å². The van der Waals surface area contributed by atoms with Crippen LogP contribution in [-0.2, 0) is 14.8 Å². The topological polar surface area (TPSA) is 88.2 Å². The first-order valence-electron chi connectivity index (χ1n) is 7.65. The van der Waals surface area contributed by atoms with Gasteiger partial charge in [0.2, 0.25) is 15.9 Å². The molecule has 1 amide bonds. The number of sulfonamides is 1. The minimum Gasteiger partial charge on any atom is -0.350 e. The summed E-state index contributed by atoms with van der Waals surface area (Å²) in [7, 11) is -3.64. The van der Waals surface area contributed by atoms with Gasteiger partial charge in [-0.15, -0.1) is 0 Å². The van der Waals surface area contributed by atoms with Crippen molar-refractivity contribution < 1.29 is 13.2 Å². The quantitative estimate of drug-likeness (QED) is 0.801. The van der Waals surface area contributed by atoms with E-state index in [1.165, 1.54) is 18.5 Å². The highest BCUT2D eigenvalue weighted by Gasteiger charge is 2.15. The number of nitrogens with one attached hydrogen (secondary N) is 2. The lowest BCUT2D eigenvalue weighted by molar-refractivity contribution is -0.121. The average Bonchev–Trinajstić information content (AvgIpc) is 2.55. The fourth-order valence-corrected chi connectivity index (χ4v) is 3.35. The van der Waals surface area contributed by atoms with Gasteiger partial charge >= 0.3 is 0 Å². The number of aryl methyl sites for hydroxylation is 1. The molecule has 128 valence electrons. The standard InChI is InChI=1S/C17H21N3O3S/c1-13-6-3-4-8-16(13)14(2)20-17(21)9-11-19-24(22,23)15-7-5-10-18-12-15/h3-8,10,12,14,19H,9,11H2,1-2H3,(H,20,21)/t14-/m1/s1. The molecule has 1 aromatic carbocycles. The summed E-state index contributed by atoms with van der Waals surface area (Å²) in [5, 5.41) is 2.88. The Hall–Kier alpha value is -2.25. The lowest BCUT2D eigenvalue weighted by Gasteiger charge is -2.16. The van der Waals surface area contributed by atoms with E-state index in [4.69, 9.17) is 0 Å². The van der Waals surface area contributed by atoms with Crippen molar-refractivity contribution in [3.63, 3.8) is 0 Å². The highest BCUT2D eigenvalue weighted by atomic mass is 32.2. The third-order valence-electron chi connectivity index (χ3n) is 3.62. The van der Waals surface area contributed by atoms with E-state index in [-0.39, 0.29) is 29.8 Å². The number of benzene rings is 1. The fourth-order valence-electron chi connectivity index (χ4n) is 2.35. The Labute approximate surface area is 142 Å². The molecule has 1 aromatic heterocycles. The molecule has 0 aliphatic heterocycles. The van der Waals surface area contributed by atoms with Crippen LogP contribution in [0, 0.1) is 6.92 Å². The number of pyridine rings is 1. The Kier molecular flexibility index (Phi) is 6.05. The fraction of sp³-hybridized carbons (Fsp3) is 0.294. The van der Waals surface area contributed by atoms with Gasteiger partial charge in [0.25, 0.3) is 0 Å². The molecular formula is C17H21N3O3S. The summed E-state index contributed by atoms with van der Waals surface area (Å²) >= 11 is 0. The molecule has 0 saturated heterocycles. The lowest BCUT2D eigenvalue weighted by Crippen LogP contribution is -2.32. The SMILES string of the molecule is Cc1ccccc1[C@@H](C)NC(=O)CCNS(=O)(=O)c1cccnc1. The van der Waals surface area contributed by atoms with Crippen LogP contribution in [0.1, 0.15) is 30.5 Å². The van der Waals surface area contributed by atoms with Crippen LogP contribution < -0.4 is 10.0 Å². The Morgan fingerprint density at radius 3 is 2.62 bits per heavy atom. The van der Waals surface area contributed by atoms with E-state index in [1.54, 1.807) is 6.07 Å². The van der Waals surface area contributed by atoms with Crippen LogP contribution >= 0.6 is 0 Å². The van der Waals surface area contributed by atoms with E-state index >= 15 is 0 Å². The maximum Gasteiger partial charge on any atom is 0.242 e. The molecular weight excluding hydrogens is 326 g/mol. The van der Waals surface area contributed by atoms with E-state index in [1.807, 2.05) is 38.1 Å². The first kappa shape index (κ1) is 18.1. The van der Waals surface area contributed by atoms with Crippen molar-refractivity contribution in [1.29, 1.82) is 0 Å². The van der Waals surface area contributed by atoms with Crippen LogP contribution in [0.4, 0.5) is 0 Å². The molecule has 6 nitrogen and oxygen atoms in total. The third kappa shape index (κ3) is 4.87. The molecule has 0 fully saturated rings. The Balaban J connectivity index is 1.85. The van der Waals surface area contributed by atoms with Gasteiger partial charge in [0.05, 0.1) is 6.04 Å². The molecule has 24 heavy (non-hydrogen) atoms. The molecule has 0 radical (unpaired) electrons. The summed E-state index contributed by atoms with van der Waals surface area (Å²) in [6.07, 6.45) is 2.83. The molecule has 0 bridgehead atoms. The van der Waals surface area contributed by atoms with Gasteiger partial charge < -0.3 is 5.32 Å². The summed E-state index contributed by atoms with van der Waals surface area (Å²) in [6.45, 7) is 3.92. The van der Waals surface area contributed by atoms with E-state index < -0.39 is 10.0 Å². The van der Waals surface area contributed by atoms with Gasteiger partial charge in [-0.2, -0.15) is 0 Å². The second-order valence-corrected chi connectivity index (χ2v) is 7.25. The molecule has 0 saturated carbocycles. The van der Waals surface area contributed by atoms with Crippen molar-refractivity contribution in [2.75, 3.05) is 6.54 Å². The van der Waals surface area contributed by atoms with E-state index in [9.17, 15) is 13.2 Å². The Bertz CT molecular complexity index is 792. The predicted octanol–water partition coefficient (Wildman–Crippen LogP) is 1.94. The number of hydrogen-bond donors (Lipinski definition) is 2. The van der Waals surface area contributed by atoms with Gasteiger partial charge in [0.15, 0.2) is 0 Å². The van der Waals surface area contributed by atoms with E-state index in [0.717, 1.165) is 11.1 Å². The summed E-state index contributed by atoms with van der Waals surface area (Å²) in [5.41, 5.74) is 2.14. The van der Waals surface area contributed by atoms with Crippen LogP contribution in [0.2, 0.25) is 0 Å². The van der Waals surface area contributed by atoms with Crippen LogP contribution in [0.3, 0.4) is 0 Å². The zero-order valence-electron chi connectivity index (χ0n) is 13.7. The zero-order valence-corrected chi connectivity index (χ0v) is 14.5. The molecule has 2 N–H and O–H groups in total. The van der Waals surface area contributed by atoms with Gasteiger partial charge in [-0.3, -0.25) is 9.78 Å². The molecule has 1 heterocycles. The van der Waals surface area contributed by atoms with Crippen LogP contribution in [0.15, 0.2) is 53.7 Å². The van der Waals surface area contributed by atoms with Gasteiger partial charge in [-0.1, -0.05) is 24.3 Å². The van der Waals surface area contributed by atoms with Crippen LogP contribution in [0.25, 0.3) is 0 Å². The van der Waals surface area contributed by atoms with Crippen molar-refractivity contribution >= 4 is 15.9 Å². The molecule has 1 atom stereocenters. The summed E-state index contributed by atoms with van der Waals surface area (Å²) in [5.74, 6) is -0.209. The first-order valence-corrected chi connectivity index (χ1v) is 9.13. The molecule has 0 unspecified atom stereocenters. The normalized spacial score (nSPS) is 12.6. The Morgan fingerprint density at radius 1 is 1.21 bits per heavy atom. The smallest absolute Gasteiger partial charge is 0.242 e. The summed E-state index contributed by atoms with van der Waals surface area (Å²) in [6, 6.07) is 10.7. The predicted molar refractivity (Wildman–Crippen MR) is 91.8 cm³/mol. The van der Waals surface area contributed by atoms with E-state index in [2.05, 4.69) is 15.0 Å². The highest BCUT2D eigenvalue weighted by molar-refractivity contribution is 7.89. The summed E-state index contributed by atoms with van der Waals surface area (Å²) in [4.78, 5) is 15.9. The molecule has 7 heteroatoms. The third-order valence-corrected chi connectivity index (χ3v) is 5.07. The maximum atomic E-state index is 12.0. The van der Waals surface area contributed by atoms with Crippen molar-refractivity contribution in [2.24, 2.45) is 0 Å². The molecule has 0 aliphatic carbocycles. The Morgan fingerprint density at radius 2 is 1.96 bits per heavy atom. The van der Waals surface area contributed by atoms with Crippen molar-refractivity contribution in [2.45, 2.75) is 31.2 Å². The minimum atomic E-state index is -3.64. The summed E-state index contributed by atoms with van der Waals surface area (Å²) < 4.78 is 26.4. The lowest BCUT2D eigenvalue weighted by atomic mass is 10.0. The van der Waals surface area contributed by atoms with Crippen LogP contribution in [0.5, 0.6) is 0 Å². The minimum absolute atomic E-state index is 0.0313. The number of hydrogen-bond acceptors (Lipinski definition) is 4.